The van der Waals surface area contributed by atoms with Gasteiger partial charge in [0.25, 0.3) is 5.91 Å². The molecule has 16 heteroatoms. The first-order chi connectivity index (χ1) is 27.4. The van der Waals surface area contributed by atoms with Gasteiger partial charge in [0.2, 0.25) is 5.95 Å². The van der Waals surface area contributed by atoms with Crippen molar-refractivity contribution in [2.45, 2.75) is 101 Å². The zero-order chi connectivity index (χ0) is 39.6. The average molecular weight is 792 g/mol. The van der Waals surface area contributed by atoms with Gasteiger partial charge in [0.15, 0.2) is 17.3 Å². The minimum Gasteiger partial charge on any atom is -0.490 e. The summed E-state index contributed by atoms with van der Waals surface area (Å²) in [6, 6.07) is 5.52. The van der Waals surface area contributed by atoms with Crippen LogP contribution in [0.25, 0.3) is 22.3 Å². The van der Waals surface area contributed by atoms with Crippen LogP contribution in [-0.4, -0.2) is 79.4 Å². The highest BCUT2D eigenvalue weighted by molar-refractivity contribution is 6.00. The predicted molar refractivity (Wildman–Crippen MR) is 199 cm³/mol. The van der Waals surface area contributed by atoms with Gasteiger partial charge in [-0.3, -0.25) is 4.79 Å². The number of nitrogens with one attached hydrogen (secondary N) is 1. The highest BCUT2D eigenvalue weighted by atomic mass is 19.4. The molecule has 4 aromatic rings. The molecule has 0 spiro atoms. The maximum atomic E-state index is 14.9. The van der Waals surface area contributed by atoms with Crippen molar-refractivity contribution in [1.82, 2.24) is 29.8 Å². The van der Waals surface area contributed by atoms with Crippen LogP contribution in [-0.2, 0) is 15.7 Å². The predicted octanol–water partition coefficient (Wildman–Crippen LogP) is 7.23. The lowest BCUT2D eigenvalue weighted by atomic mass is 9.48. The number of carbonyl (C=O) groups is 2. The lowest BCUT2D eigenvalue weighted by Gasteiger charge is -2.59. The number of rotatable bonds is 9. The molecule has 1 aliphatic heterocycles. The summed E-state index contributed by atoms with van der Waals surface area (Å²) in [4.78, 5) is 45.3. The largest absolute Gasteiger partial charge is 0.490 e. The summed E-state index contributed by atoms with van der Waals surface area (Å²) in [6.07, 6.45) is 8.11. The Kier molecular flexibility index (Phi) is 9.60. The van der Waals surface area contributed by atoms with Gasteiger partial charge in [-0.15, -0.1) is 0 Å². The number of amides is 1. The second-order valence-corrected chi connectivity index (χ2v) is 16.7. The Labute approximate surface area is 326 Å². The van der Waals surface area contributed by atoms with Gasteiger partial charge >= 0.3 is 12.1 Å². The summed E-state index contributed by atoms with van der Waals surface area (Å²) >= 11 is 0. The lowest BCUT2D eigenvalue weighted by molar-refractivity contribution is -0.163. The smallest absolute Gasteiger partial charge is 0.434 e. The first kappa shape index (κ1) is 37.7. The molecule has 6 fully saturated rings. The Bertz CT molecular complexity index is 2130. The summed E-state index contributed by atoms with van der Waals surface area (Å²) in [5.74, 6) is -1.87. The normalized spacial score (nSPS) is 28.8. The molecule has 1 saturated heterocycles. The van der Waals surface area contributed by atoms with E-state index in [1.54, 1.807) is 25.4 Å². The molecule has 4 bridgehead atoms. The van der Waals surface area contributed by atoms with Gasteiger partial charge < -0.3 is 29.4 Å². The highest BCUT2D eigenvalue weighted by Crippen LogP contribution is 2.58. The number of methoxy groups -OCH3 is 1. The van der Waals surface area contributed by atoms with Crippen LogP contribution < -0.4 is 15.0 Å². The number of carboxylic acids is 1. The topological polar surface area (TPSA) is 145 Å². The summed E-state index contributed by atoms with van der Waals surface area (Å²) in [5.41, 5.74) is -2.71. The van der Waals surface area contributed by atoms with E-state index in [9.17, 15) is 32.3 Å². The van der Waals surface area contributed by atoms with E-state index in [0.29, 0.717) is 86.1 Å². The Morgan fingerprint density at radius 3 is 2.18 bits per heavy atom. The first-order valence-corrected chi connectivity index (χ1v) is 20.0. The molecular formula is C41H45F4N7O5. The molecule has 12 nitrogen and oxygen atoms in total. The zero-order valence-electron chi connectivity index (χ0n) is 31.6. The second-order valence-electron chi connectivity index (χ2n) is 16.7. The van der Waals surface area contributed by atoms with E-state index in [-0.39, 0.29) is 35.9 Å². The van der Waals surface area contributed by atoms with Crippen LogP contribution >= 0.6 is 0 Å². The quantitative estimate of drug-likeness (QED) is 0.167. The average Bonchev–Trinajstić information content (AvgIpc) is 3.58. The number of aliphatic carboxylic acids is 1. The highest BCUT2D eigenvalue weighted by Gasteiger charge is 2.62. The number of nitrogens with zero attached hydrogens (tertiary/aromatic N) is 6. The molecule has 302 valence electrons. The van der Waals surface area contributed by atoms with Crippen molar-refractivity contribution in [2.24, 2.45) is 23.7 Å². The molecule has 2 N–H and O–H groups in total. The van der Waals surface area contributed by atoms with E-state index in [0.717, 1.165) is 56.2 Å². The van der Waals surface area contributed by atoms with Crippen molar-refractivity contribution in [3.8, 4) is 17.1 Å². The molecule has 0 radical (unpaired) electrons. The van der Waals surface area contributed by atoms with Crippen LogP contribution in [0.4, 0.5) is 23.5 Å². The van der Waals surface area contributed by atoms with Gasteiger partial charge in [0, 0.05) is 68.5 Å². The third-order valence-corrected chi connectivity index (χ3v) is 13.5. The van der Waals surface area contributed by atoms with Crippen LogP contribution in [0.15, 0.2) is 43.0 Å². The van der Waals surface area contributed by atoms with E-state index in [2.05, 4.69) is 29.8 Å². The van der Waals surface area contributed by atoms with Crippen molar-refractivity contribution in [2.75, 3.05) is 25.1 Å². The molecule has 0 atom stereocenters. The number of piperidine rings is 1. The molecule has 57 heavy (non-hydrogen) atoms. The molecule has 5 saturated carbocycles. The number of ether oxygens (including phenoxy) is 2. The third kappa shape index (κ3) is 6.86. The Balaban J connectivity index is 1.02. The Morgan fingerprint density at radius 1 is 0.895 bits per heavy atom. The maximum absolute atomic E-state index is 14.9. The van der Waals surface area contributed by atoms with Gasteiger partial charge in [-0.05, 0) is 93.6 Å². The zero-order valence-corrected chi connectivity index (χ0v) is 31.6. The number of aromatic nitrogens is 5. The fraction of sp³-hybridized carbons (Fsp3) is 0.561. The van der Waals surface area contributed by atoms with Crippen molar-refractivity contribution in [3.63, 3.8) is 0 Å². The van der Waals surface area contributed by atoms with Gasteiger partial charge in [0.1, 0.15) is 17.4 Å². The SMILES string of the molecule is COC1CCC(n2cc(-c3ncc(C(=O)NC4(C(=O)O)C5CC6CC(C5)CC4C6)c(C(F)(F)F)n3)c3ccc(OC4CCN(c5ncc(F)cn5)CC4)cc32)CC1. The number of carboxylic acid groups (broad SMARTS) is 1. The molecular weight excluding hydrogens is 746 g/mol. The van der Waals surface area contributed by atoms with Crippen molar-refractivity contribution in [1.29, 1.82) is 0 Å². The first-order valence-electron chi connectivity index (χ1n) is 20.0. The number of alkyl halides is 3. The molecule has 6 aliphatic rings. The maximum Gasteiger partial charge on any atom is 0.434 e. The minimum absolute atomic E-state index is 0.0298. The van der Waals surface area contributed by atoms with Gasteiger partial charge in [-0.25, -0.2) is 29.1 Å². The fourth-order valence-corrected chi connectivity index (χ4v) is 10.9. The van der Waals surface area contributed by atoms with E-state index >= 15 is 0 Å². The van der Waals surface area contributed by atoms with Gasteiger partial charge in [-0.2, -0.15) is 13.2 Å². The molecule has 1 amide bonds. The summed E-state index contributed by atoms with van der Waals surface area (Å²) in [5, 5.41) is 13.8. The summed E-state index contributed by atoms with van der Waals surface area (Å²) in [7, 11) is 1.69. The molecule has 3 aromatic heterocycles. The Morgan fingerprint density at radius 2 is 1.56 bits per heavy atom. The van der Waals surface area contributed by atoms with E-state index < -0.39 is 40.7 Å². The number of halogens is 4. The molecule has 5 aliphatic carbocycles. The molecule has 1 aromatic carbocycles. The number of hydrogen-bond donors (Lipinski definition) is 2. The van der Waals surface area contributed by atoms with Crippen molar-refractivity contribution < 1.29 is 41.7 Å². The van der Waals surface area contributed by atoms with Gasteiger partial charge in [0.05, 0.1) is 29.6 Å². The standard InChI is InChI=1S/C41H45F4N7O5/c1-56-28-4-2-27(3-5-28)52-21-33(31-7-6-30(17-34(31)52)57-29-8-10-51(11-9-29)39-47-18-26(42)19-48-39)36-46-20-32(35(49-36)41(43,44)45)37(53)50-40(38(54)55)24-13-22-12-23(15-24)16-25(40)14-22/h6-7,17-25,27-29H,2-5,8-16H2,1H3,(H,50,53)(H,54,55). The summed E-state index contributed by atoms with van der Waals surface area (Å²) < 4.78 is 72.1. The van der Waals surface area contributed by atoms with Crippen LogP contribution in [0.5, 0.6) is 5.75 Å². The monoisotopic (exact) mass is 791 g/mol. The molecule has 0 unspecified atom stereocenters. The number of benzene rings is 1. The number of hydrogen-bond acceptors (Lipinski definition) is 9. The van der Waals surface area contributed by atoms with Crippen molar-refractivity contribution >= 4 is 28.7 Å². The lowest BCUT2D eigenvalue weighted by Crippen LogP contribution is -2.70. The van der Waals surface area contributed by atoms with Crippen LogP contribution in [0.1, 0.15) is 92.7 Å². The van der Waals surface area contributed by atoms with Gasteiger partial charge in [-0.1, -0.05) is 0 Å². The van der Waals surface area contributed by atoms with E-state index in [1.165, 1.54) is 0 Å². The fourth-order valence-electron chi connectivity index (χ4n) is 10.9. The minimum atomic E-state index is -5.03. The summed E-state index contributed by atoms with van der Waals surface area (Å²) in [6.45, 7) is 1.24. The Hall–Kier alpha value is -4.86. The van der Waals surface area contributed by atoms with Crippen LogP contribution in [0.2, 0.25) is 0 Å². The van der Waals surface area contributed by atoms with Crippen LogP contribution in [0, 0.1) is 29.5 Å². The molecule has 10 rings (SSSR count). The third-order valence-electron chi connectivity index (χ3n) is 13.5. The second kappa shape index (κ2) is 14.5. The van der Waals surface area contributed by atoms with Crippen LogP contribution in [0.3, 0.4) is 0 Å². The number of fused-ring (bicyclic) bond motifs is 1. The van der Waals surface area contributed by atoms with E-state index in [4.69, 9.17) is 9.47 Å². The number of carbonyl (C=O) groups excluding carboxylic acids is 1. The number of anilines is 1. The van der Waals surface area contributed by atoms with Crippen molar-refractivity contribution in [3.05, 3.63) is 60.1 Å². The van der Waals surface area contributed by atoms with E-state index in [1.807, 2.05) is 11.0 Å². The molecule has 4 heterocycles.